The first kappa shape index (κ1) is 14.2. The molecule has 8 nitrogen and oxygen atoms in total. The number of hydrogen-bond acceptors (Lipinski definition) is 5. The van der Waals surface area contributed by atoms with Crippen molar-refractivity contribution in [2.45, 2.75) is 18.4 Å². The number of nitrogens with one attached hydrogen (secondary N) is 2. The molecule has 0 aliphatic heterocycles. The zero-order valence-electron chi connectivity index (χ0n) is 10.5. The van der Waals surface area contributed by atoms with Gasteiger partial charge in [-0.1, -0.05) is 6.07 Å². The molecule has 1 aromatic heterocycles. The van der Waals surface area contributed by atoms with Crippen molar-refractivity contribution in [3.63, 3.8) is 0 Å². The van der Waals surface area contributed by atoms with E-state index >= 15 is 0 Å². The van der Waals surface area contributed by atoms with Crippen molar-refractivity contribution in [3.8, 4) is 0 Å². The zero-order valence-corrected chi connectivity index (χ0v) is 11.3. The van der Waals surface area contributed by atoms with Crippen molar-refractivity contribution in [3.05, 3.63) is 51.8 Å². The smallest absolute Gasteiger partial charge is 0.270 e. The van der Waals surface area contributed by atoms with Crippen LogP contribution in [0.15, 0.2) is 35.4 Å². The topological polar surface area (TPSA) is 118 Å². The van der Waals surface area contributed by atoms with Crippen LogP contribution in [-0.2, 0) is 16.6 Å². The predicted octanol–water partition coefficient (Wildman–Crippen LogP) is 1.10. The molecule has 0 radical (unpaired) electrons. The highest BCUT2D eigenvalue weighted by Gasteiger charge is 2.17. The molecule has 0 saturated heterocycles. The van der Waals surface area contributed by atoms with Crippen LogP contribution in [0.3, 0.4) is 0 Å². The van der Waals surface area contributed by atoms with Gasteiger partial charge in [-0.15, -0.1) is 0 Å². The monoisotopic (exact) mass is 296 g/mol. The molecule has 0 bridgehead atoms. The van der Waals surface area contributed by atoms with Crippen LogP contribution in [0.5, 0.6) is 0 Å². The third kappa shape index (κ3) is 3.00. The van der Waals surface area contributed by atoms with Crippen molar-refractivity contribution in [1.29, 1.82) is 0 Å². The predicted molar refractivity (Wildman–Crippen MR) is 70.4 cm³/mol. The summed E-state index contributed by atoms with van der Waals surface area (Å²) in [6.45, 7) is 1.83. The summed E-state index contributed by atoms with van der Waals surface area (Å²) >= 11 is 0. The van der Waals surface area contributed by atoms with Crippen LogP contribution in [0.1, 0.15) is 11.3 Å². The quantitative estimate of drug-likeness (QED) is 0.632. The van der Waals surface area contributed by atoms with Crippen molar-refractivity contribution < 1.29 is 13.3 Å². The summed E-state index contributed by atoms with van der Waals surface area (Å²) in [6.07, 6.45) is 1.52. The summed E-state index contributed by atoms with van der Waals surface area (Å²) < 4.78 is 26.5. The third-order valence-electron chi connectivity index (χ3n) is 2.73. The van der Waals surface area contributed by atoms with E-state index in [1.54, 1.807) is 6.92 Å². The van der Waals surface area contributed by atoms with Crippen molar-refractivity contribution in [2.75, 3.05) is 0 Å². The summed E-state index contributed by atoms with van der Waals surface area (Å²) in [6, 6.07) is 4.89. The Morgan fingerprint density at radius 2 is 2.20 bits per heavy atom. The Labute approximate surface area is 115 Å². The van der Waals surface area contributed by atoms with Gasteiger partial charge in [0, 0.05) is 29.9 Å². The minimum Gasteiger partial charge on any atom is -0.283 e. The second-order valence-corrected chi connectivity index (χ2v) is 5.87. The SMILES string of the molecule is Cc1[nH]ncc1CNS(=O)(=O)c1cccc([N+](=O)[O-])c1. The van der Waals surface area contributed by atoms with Crippen molar-refractivity contribution >= 4 is 15.7 Å². The van der Waals surface area contributed by atoms with E-state index in [9.17, 15) is 18.5 Å². The minimum atomic E-state index is -3.81. The van der Waals surface area contributed by atoms with Gasteiger partial charge < -0.3 is 0 Å². The molecule has 2 aromatic rings. The molecule has 0 saturated carbocycles. The number of benzene rings is 1. The van der Waals surface area contributed by atoms with Gasteiger partial charge in [-0.25, -0.2) is 13.1 Å². The lowest BCUT2D eigenvalue weighted by molar-refractivity contribution is -0.385. The zero-order chi connectivity index (χ0) is 14.8. The van der Waals surface area contributed by atoms with Gasteiger partial charge in [-0.2, -0.15) is 5.10 Å². The molecule has 1 aromatic carbocycles. The summed E-state index contributed by atoms with van der Waals surface area (Å²) in [4.78, 5) is 9.86. The van der Waals surface area contributed by atoms with E-state index in [2.05, 4.69) is 14.9 Å². The van der Waals surface area contributed by atoms with Gasteiger partial charge in [0.2, 0.25) is 10.0 Å². The van der Waals surface area contributed by atoms with E-state index < -0.39 is 14.9 Å². The van der Waals surface area contributed by atoms with E-state index in [1.807, 2.05) is 0 Å². The van der Waals surface area contributed by atoms with E-state index in [0.29, 0.717) is 5.56 Å². The number of aromatic nitrogens is 2. The molecule has 20 heavy (non-hydrogen) atoms. The second kappa shape index (κ2) is 5.39. The number of aromatic amines is 1. The molecule has 0 aliphatic rings. The Morgan fingerprint density at radius 1 is 1.45 bits per heavy atom. The Morgan fingerprint density at radius 3 is 2.80 bits per heavy atom. The Balaban J connectivity index is 2.20. The molecule has 2 rings (SSSR count). The number of nitro groups is 1. The lowest BCUT2D eigenvalue weighted by Gasteiger charge is -2.06. The molecular formula is C11H12N4O4S. The van der Waals surface area contributed by atoms with Crippen LogP contribution in [0.2, 0.25) is 0 Å². The van der Waals surface area contributed by atoms with E-state index in [4.69, 9.17) is 0 Å². The van der Waals surface area contributed by atoms with Gasteiger partial charge in [0.1, 0.15) is 0 Å². The maximum absolute atomic E-state index is 12.0. The largest absolute Gasteiger partial charge is 0.283 e. The summed E-state index contributed by atoms with van der Waals surface area (Å²) in [5, 5.41) is 17.1. The van der Waals surface area contributed by atoms with E-state index in [1.165, 1.54) is 24.4 Å². The number of non-ortho nitro benzene ring substituents is 1. The van der Waals surface area contributed by atoms with Crippen LogP contribution < -0.4 is 4.72 Å². The average Bonchev–Trinajstić information content (AvgIpc) is 2.82. The third-order valence-corrected chi connectivity index (χ3v) is 4.12. The normalized spacial score (nSPS) is 11.4. The first-order valence-corrected chi connectivity index (χ1v) is 7.11. The minimum absolute atomic E-state index is 0.0629. The standard InChI is InChI=1S/C11H12N4O4S/c1-8-9(6-12-14-8)7-13-20(18,19)11-4-2-3-10(5-11)15(16)17/h2-6,13H,7H2,1H3,(H,12,14). The number of rotatable bonds is 5. The Hall–Kier alpha value is -2.26. The maximum Gasteiger partial charge on any atom is 0.270 e. The molecule has 2 N–H and O–H groups in total. The van der Waals surface area contributed by atoms with Crippen molar-refractivity contribution in [1.82, 2.24) is 14.9 Å². The van der Waals surface area contributed by atoms with Gasteiger partial charge in [0.15, 0.2) is 0 Å². The first-order valence-electron chi connectivity index (χ1n) is 5.63. The number of nitrogens with zero attached hydrogens (tertiary/aromatic N) is 2. The van der Waals surface area contributed by atoms with Crippen LogP contribution in [0.4, 0.5) is 5.69 Å². The van der Waals surface area contributed by atoms with Crippen molar-refractivity contribution in [2.24, 2.45) is 0 Å². The molecule has 0 fully saturated rings. The average molecular weight is 296 g/mol. The molecule has 0 aliphatic carbocycles. The number of sulfonamides is 1. The first-order chi connectivity index (χ1) is 9.40. The highest BCUT2D eigenvalue weighted by Crippen LogP contribution is 2.17. The second-order valence-electron chi connectivity index (χ2n) is 4.10. The molecule has 0 unspecified atom stereocenters. The van der Waals surface area contributed by atoms with Gasteiger partial charge in [-0.05, 0) is 13.0 Å². The van der Waals surface area contributed by atoms with Crippen LogP contribution in [0, 0.1) is 17.0 Å². The van der Waals surface area contributed by atoms with E-state index in [-0.39, 0.29) is 17.1 Å². The lowest BCUT2D eigenvalue weighted by Crippen LogP contribution is -2.23. The lowest BCUT2D eigenvalue weighted by atomic mass is 10.3. The fraction of sp³-hybridized carbons (Fsp3) is 0.182. The Kier molecular flexibility index (Phi) is 3.81. The van der Waals surface area contributed by atoms with Gasteiger partial charge >= 0.3 is 0 Å². The van der Waals surface area contributed by atoms with E-state index in [0.717, 1.165) is 11.8 Å². The number of aryl methyl sites for hydroxylation is 1. The Bertz CT molecular complexity index is 738. The maximum atomic E-state index is 12.0. The molecule has 106 valence electrons. The fourth-order valence-electron chi connectivity index (χ4n) is 1.57. The molecule has 1 heterocycles. The summed E-state index contributed by atoms with van der Waals surface area (Å²) in [7, 11) is -3.81. The highest BCUT2D eigenvalue weighted by atomic mass is 32.2. The van der Waals surface area contributed by atoms with Gasteiger partial charge in [0.25, 0.3) is 5.69 Å². The summed E-state index contributed by atoms with van der Waals surface area (Å²) in [5.41, 5.74) is 1.19. The number of H-pyrrole nitrogens is 1. The molecule has 9 heteroatoms. The fourth-order valence-corrected chi connectivity index (χ4v) is 2.62. The molecule has 0 atom stereocenters. The summed E-state index contributed by atoms with van der Waals surface area (Å²) in [5.74, 6) is 0. The van der Waals surface area contributed by atoms with Crippen LogP contribution in [-0.4, -0.2) is 23.5 Å². The molecule has 0 amide bonds. The number of nitro benzene ring substituents is 1. The highest BCUT2D eigenvalue weighted by molar-refractivity contribution is 7.89. The number of hydrogen-bond donors (Lipinski definition) is 2. The van der Waals surface area contributed by atoms with Gasteiger partial charge in [-0.3, -0.25) is 15.2 Å². The van der Waals surface area contributed by atoms with Crippen LogP contribution >= 0.6 is 0 Å². The van der Waals surface area contributed by atoms with Crippen LogP contribution in [0.25, 0.3) is 0 Å². The molecular weight excluding hydrogens is 284 g/mol. The van der Waals surface area contributed by atoms with Gasteiger partial charge in [0.05, 0.1) is 16.0 Å². The molecule has 0 spiro atoms.